The molecule has 3 rings (SSSR count). The maximum absolute atomic E-state index is 12.6. The van der Waals surface area contributed by atoms with Crippen LogP contribution in [0, 0.1) is 10.8 Å². The Balaban J connectivity index is 0.00000133. The predicted octanol–water partition coefficient (Wildman–Crippen LogP) is 2.59. The Kier molecular flexibility index (Phi) is 4.46. The van der Waals surface area contributed by atoms with Crippen LogP contribution in [0.15, 0.2) is 0 Å². The van der Waals surface area contributed by atoms with Gasteiger partial charge < -0.3 is 10.2 Å². The highest BCUT2D eigenvalue weighted by atomic mass is 35.5. The van der Waals surface area contributed by atoms with Gasteiger partial charge >= 0.3 is 0 Å². The third-order valence-corrected chi connectivity index (χ3v) is 5.88. The van der Waals surface area contributed by atoms with Crippen LogP contribution in [-0.4, -0.2) is 37.0 Å². The lowest BCUT2D eigenvalue weighted by Gasteiger charge is -2.46. The highest BCUT2D eigenvalue weighted by Crippen LogP contribution is 2.46. The van der Waals surface area contributed by atoms with Gasteiger partial charge in [0.25, 0.3) is 0 Å². The molecular weight excluding hydrogens is 260 g/mol. The van der Waals surface area contributed by atoms with Crippen molar-refractivity contribution in [2.75, 3.05) is 26.2 Å². The molecule has 0 unspecified atom stereocenters. The monoisotopic (exact) mass is 286 g/mol. The van der Waals surface area contributed by atoms with Crippen LogP contribution < -0.4 is 5.32 Å². The summed E-state index contributed by atoms with van der Waals surface area (Å²) < 4.78 is 0. The Bertz CT molecular complexity index is 320. The molecule has 0 bridgehead atoms. The predicted molar refractivity (Wildman–Crippen MR) is 79.6 cm³/mol. The normalized spacial score (nSPS) is 27.7. The molecule has 0 aromatic carbocycles. The Morgan fingerprint density at radius 2 is 1.84 bits per heavy atom. The van der Waals surface area contributed by atoms with Gasteiger partial charge in [-0.1, -0.05) is 13.3 Å². The molecule has 3 aliphatic rings. The van der Waals surface area contributed by atoms with Crippen LogP contribution in [0.3, 0.4) is 0 Å². The number of hydrogen-bond acceptors (Lipinski definition) is 2. The van der Waals surface area contributed by atoms with E-state index < -0.39 is 0 Å². The minimum Gasteiger partial charge on any atom is -0.342 e. The molecule has 1 saturated carbocycles. The number of amides is 1. The van der Waals surface area contributed by atoms with Gasteiger partial charge in [0, 0.05) is 25.0 Å². The fourth-order valence-corrected chi connectivity index (χ4v) is 4.06. The SMILES string of the molecule is CCC1(C(=O)N2CCC3(CCNC3)CC2)CCC1.Cl. The molecule has 19 heavy (non-hydrogen) atoms. The van der Waals surface area contributed by atoms with Gasteiger partial charge in [-0.2, -0.15) is 0 Å². The van der Waals surface area contributed by atoms with Crippen molar-refractivity contribution in [3.05, 3.63) is 0 Å². The van der Waals surface area contributed by atoms with Crippen LogP contribution in [0.4, 0.5) is 0 Å². The summed E-state index contributed by atoms with van der Waals surface area (Å²) in [6.45, 7) is 6.54. The second-order valence-corrected chi connectivity index (χ2v) is 6.71. The first-order valence-corrected chi connectivity index (χ1v) is 7.70. The van der Waals surface area contributed by atoms with Crippen LogP contribution in [0.1, 0.15) is 51.9 Å². The number of likely N-dealkylation sites (tertiary alicyclic amines) is 1. The summed E-state index contributed by atoms with van der Waals surface area (Å²) in [4.78, 5) is 14.8. The summed E-state index contributed by atoms with van der Waals surface area (Å²) in [6.07, 6.45) is 8.29. The number of piperidine rings is 1. The van der Waals surface area contributed by atoms with Crippen LogP contribution in [-0.2, 0) is 4.79 Å². The molecule has 2 heterocycles. The fourth-order valence-electron chi connectivity index (χ4n) is 4.06. The number of carbonyl (C=O) groups excluding carboxylic acids is 1. The van der Waals surface area contributed by atoms with E-state index in [-0.39, 0.29) is 17.8 Å². The van der Waals surface area contributed by atoms with E-state index in [9.17, 15) is 4.79 Å². The minimum atomic E-state index is 0. The molecule has 1 spiro atoms. The van der Waals surface area contributed by atoms with Gasteiger partial charge in [-0.3, -0.25) is 4.79 Å². The van der Waals surface area contributed by atoms with Gasteiger partial charge in [0.15, 0.2) is 0 Å². The highest BCUT2D eigenvalue weighted by molar-refractivity contribution is 5.85. The van der Waals surface area contributed by atoms with Crippen molar-refractivity contribution in [1.29, 1.82) is 0 Å². The third kappa shape index (κ3) is 2.52. The van der Waals surface area contributed by atoms with E-state index >= 15 is 0 Å². The van der Waals surface area contributed by atoms with Gasteiger partial charge in [0.1, 0.15) is 0 Å². The number of nitrogens with one attached hydrogen (secondary N) is 1. The van der Waals surface area contributed by atoms with Crippen molar-refractivity contribution in [1.82, 2.24) is 10.2 Å². The summed E-state index contributed by atoms with van der Waals surface area (Å²) in [7, 11) is 0. The number of halogens is 1. The maximum Gasteiger partial charge on any atom is 0.228 e. The quantitative estimate of drug-likeness (QED) is 0.846. The Morgan fingerprint density at radius 1 is 1.16 bits per heavy atom. The van der Waals surface area contributed by atoms with Crippen molar-refractivity contribution < 1.29 is 4.79 Å². The molecule has 4 heteroatoms. The summed E-state index contributed by atoms with van der Waals surface area (Å²) in [5.74, 6) is 0.469. The molecule has 0 atom stereocenters. The van der Waals surface area contributed by atoms with E-state index in [1.54, 1.807) is 0 Å². The molecule has 2 aliphatic heterocycles. The summed E-state index contributed by atoms with van der Waals surface area (Å²) in [6, 6.07) is 0. The van der Waals surface area contributed by atoms with Gasteiger partial charge in [0.2, 0.25) is 5.91 Å². The van der Waals surface area contributed by atoms with Crippen LogP contribution >= 0.6 is 12.4 Å². The number of hydrogen-bond donors (Lipinski definition) is 1. The zero-order valence-electron chi connectivity index (χ0n) is 12.0. The largest absolute Gasteiger partial charge is 0.342 e. The zero-order valence-corrected chi connectivity index (χ0v) is 12.9. The molecular formula is C15H27ClN2O. The molecule has 2 saturated heterocycles. The molecule has 1 amide bonds. The van der Waals surface area contributed by atoms with Gasteiger partial charge in [-0.25, -0.2) is 0 Å². The smallest absolute Gasteiger partial charge is 0.228 e. The third-order valence-electron chi connectivity index (χ3n) is 5.88. The molecule has 110 valence electrons. The Hall–Kier alpha value is -0.280. The van der Waals surface area contributed by atoms with Crippen LogP contribution in [0.25, 0.3) is 0 Å². The topological polar surface area (TPSA) is 32.3 Å². The standard InChI is InChI=1S/C15H26N2O.ClH/c1-2-15(4-3-5-15)13(18)17-10-7-14(8-11-17)6-9-16-12-14;/h16H,2-12H2,1H3;1H. The van der Waals surface area contributed by atoms with E-state index in [4.69, 9.17) is 0 Å². The van der Waals surface area contributed by atoms with E-state index in [1.807, 2.05) is 0 Å². The number of nitrogens with zero attached hydrogens (tertiary/aromatic N) is 1. The van der Waals surface area contributed by atoms with E-state index in [0.29, 0.717) is 11.3 Å². The van der Waals surface area contributed by atoms with Crippen molar-refractivity contribution >= 4 is 18.3 Å². The summed E-state index contributed by atoms with van der Waals surface area (Å²) >= 11 is 0. The van der Waals surface area contributed by atoms with Crippen LogP contribution in [0.2, 0.25) is 0 Å². The summed E-state index contributed by atoms with van der Waals surface area (Å²) in [5, 5.41) is 3.49. The molecule has 0 aromatic rings. The van der Waals surface area contributed by atoms with Gasteiger partial charge in [0.05, 0.1) is 0 Å². The maximum atomic E-state index is 12.6. The molecule has 3 fully saturated rings. The first-order chi connectivity index (χ1) is 8.70. The Labute approximate surface area is 122 Å². The van der Waals surface area contributed by atoms with Crippen molar-refractivity contribution in [2.45, 2.75) is 51.9 Å². The van der Waals surface area contributed by atoms with E-state index in [0.717, 1.165) is 32.4 Å². The van der Waals surface area contributed by atoms with Crippen molar-refractivity contribution in [2.24, 2.45) is 10.8 Å². The molecule has 3 nitrogen and oxygen atoms in total. The average Bonchev–Trinajstić information content (AvgIpc) is 2.78. The van der Waals surface area contributed by atoms with Crippen molar-refractivity contribution in [3.8, 4) is 0 Å². The van der Waals surface area contributed by atoms with Gasteiger partial charge in [-0.05, 0) is 50.5 Å². The molecule has 0 radical (unpaired) electrons. The molecule has 1 aliphatic carbocycles. The first kappa shape index (κ1) is 15.1. The lowest BCUT2D eigenvalue weighted by Crippen LogP contribution is -2.52. The lowest BCUT2D eigenvalue weighted by molar-refractivity contribution is -0.150. The second-order valence-electron chi connectivity index (χ2n) is 6.71. The highest BCUT2D eigenvalue weighted by Gasteiger charge is 2.46. The zero-order chi connectivity index (χ0) is 12.6. The molecule has 0 aromatic heterocycles. The minimum absolute atomic E-state index is 0. The van der Waals surface area contributed by atoms with E-state index in [2.05, 4.69) is 17.1 Å². The number of rotatable bonds is 2. The van der Waals surface area contributed by atoms with Gasteiger partial charge in [-0.15, -0.1) is 12.4 Å². The second kappa shape index (κ2) is 5.61. The fraction of sp³-hybridized carbons (Fsp3) is 0.933. The average molecular weight is 287 g/mol. The van der Waals surface area contributed by atoms with E-state index in [1.165, 1.54) is 38.8 Å². The van der Waals surface area contributed by atoms with Crippen LogP contribution in [0.5, 0.6) is 0 Å². The lowest BCUT2D eigenvalue weighted by atomic mass is 9.65. The first-order valence-electron chi connectivity index (χ1n) is 7.70. The summed E-state index contributed by atoms with van der Waals surface area (Å²) in [5.41, 5.74) is 0.564. The molecule has 1 N–H and O–H groups in total. The number of carbonyl (C=O) groups is 1. The van der Waals surface area contributed by atoms with Crippen molar-refractivity contribution in [3.63, 3.8) is 0 Å². The Morgan fingerprint density at radius 3 is 2.26 bits per heavy atom.